The van der Waals surface area contributed by atoms with Crippen LogP contribution in [-0.4, -0.2) is 19.6 Å². The minimum absolute atomic E-state index is 0.0151. The van der Waals surface area contributed by atoms with Gasteiger partial charge in [-0.1, -0.05) is 6.07 Å². The molecule has 1 amide bonds. The number of nitrogens with one attached hydrogen (secondary N) is 1. The Balaban J connectivity index is 2.91. The van der Waals surface area contributed by atoms with Crippen molar-refractivity contribution in [3.8, 4) is 5.75 Å². The van der Waals surface area contributed by atoms with Gasteiger partial charge in [-0.05, 0) is 17.7 Å². The number of hydrogen-bond acceptors (Lipinski definition) is 3. The molecule has 0 fully saturated rings. The molecule has 106 valence electrons. The van der Waals surface area contributed by atoms with Crippen LogP contribution in [0, 0.1) is 0 Å². The molecule has 0 saturated carbocycles. The molecule has 1 rings (SSSR count). The molecule has 0 aliphatic carbocycles. The van der Waals surface area contributed by atoms with Crippen molar-refractivity contribution in [2.24, 2.45) is 5.73 Å². The minimum Gasteiger partial charge on any atom is -0.497 e. The number of methoxy groups -OCH3 is 1. The summed E-state index contributed by atoms with van der Waals surface area (Å²) in [5.41, 5.74) is 4.34. The summed E-state index contributed by atoms with van der Waals surface area (Å²) in [6.07, 6.45) is -4.42. The van der Waals surface area contributed by atoms with E-state index in [4.69, 9.17) is 10.5 Å². The van der Waals surface area contributed by atoms with E-state index in [9.17, 15) is 18.0 Å². The van der Waals surface area contributed by atoms with Crippen LogP contribution in [0.15, 0.2) is 18.2 Å². The van der Waals surface area contributed by atoms with Gasteiger partial charge in [0.15, 0.2) is 0 Å². The Hall–Kier alpha value is -1.76. The van der Waals surface area contributed by atoms with Crippen molar-refractivity contribution in [1.82, 2.24) is 5.32 Å². The lowest BCUT2D eigenvalue weighted by Crippen LogP contribution is -2.26. The van der Waals surface area contributed by atoms with Gasteiger partial charge in [-0.25, -0.2) is 0 Å². The van der Waals surface area contributed by atoms with Crippen LogP contribution in [0.5, 0.6) is 5.75 Å². The van der Waals surface area contributed by atoms with Crippen LogP contribution in [0.25, 0.3) is 0 Å². The number of amides is 1. The van der Waals surface area contributed by atoms with Crippen molar-refractivity contribution in [2.75, 3.05) is 13.7 Å². The standard InChI is InChI=1S/C12H15F3N2O2/c1-19-9-3-2-8(7-17-11(18)4-5-16)10(6-9)12(13,14)15/h2-3,6H,4-5,7,16H2,1H3,(H,17,18). The third kappa shape index (κ3) is 4.44. The summed E-state index contributed by atoms with van der Waals surface area (Å²) in [6, 6.07) is 3.61. The number of alkyl halides is 3. The zero-order valence-electron chi connectivity index (χ0n) is 10.4. The number of carbonyl (C=O) groups is 1. The highest BCUT2D eigenvalue weighted by molar-refractivity contribution is 5.76. The van der Waals surface area contributed by atoms with Gasteiger partial charge in [-0.2, -0.15) is 13.2 Å². The summed E-state index contributed by atoms with van der Waals surface area (Å²) < 4.78 is 43.3. The number of rotatable bonds is 5. The molecule has 7 heteroatoms. The summed E-state index contributed by atoms with van der Waals surface area (Å²) in [7, 11) is 1.29. The van der Waals surface area contributed by atoms with E-state index in [2.05, 4.69) is 5.32 Å². The summed E-state index contributed by atoms with van der Waals surface area (Å²) >= 11 is 0. The number of halogens is 3. The molecular formula is C12H15F3N2O2. The van der Waals surface area contributed by atoms with E-state index in [0.29, 0.717) is 0 Å². The maximum atomic E-state index is 12.8. The van der Waals surface area contributed by atoms with Crippen LogP contribution in [0.1, 0.15) is 17.5 Å². The quantitative estimate of drug-likeness (QED) is 0.860. The van der Waals surface area contributed by atoms with Gasteiger partial charge >= 0.3 is 6.18 Å². The van der Waals surface area contributed by atoms with Crippen LogP contribution in [0.3, 0.4) is 0 Å². The number of hydrogen-bond donors (Lipinski definition) is 2. The second kappa shape index (κ2) is 6.42. The molecular weight excluding hydrogens is 261 g/mol. The first kappa shape index (κ1) is 15.3. The molecule has 1 aromatic carbocycles. The number of nitrogens with two attached hydrogens (primary N) is 1. The van der Waals surface area contributed by atoms with Gasteiger partial charge in [0.25, 0.3) is 0 Å². The largest absolute Gasteiger partial charge is 0.497 e. The van der Waals surface area contributed by atoms with Gasteiger partial charge < -0.3 is 15.8 Å². The Bertz CT molecular complexity index is 447. The van der Waals surface area contributed by atoms with E-state index in [0.717, 1.165) is 6.07 Å². The normalized spacial score (nSPS) is 11.2. The average molecular weight is 276 g/mol. The molecule has 0 bridgehead atoms. The van der Waals surface area contributed by atoms with Crippen LogP contribution in [0.4, 0.5) is 13.2 Å². The minimum atomic E-state index is -4.50. The predicted octanol–water partition coefficient (Wildman–Crippen LogP) is 1.68. The maximum absolute atomic E-state index is 12.8. The van der Waals surface area contributed by atoms with Gasteiger partial charge in [-0.3, -0.25) is 4.79 Å². The second-order valence-corrected chi connectivity index (χ2v) is 3.84. The SMILES string of the molecule is COc1ccc(CNC(=O)CCN)c(C(F)(F)F)c1. The fourth-order valence-corrected chi connectivity index (χ4v) is 1.51. The number of ether oxygens (including phenoxy) is 1. The van der Waals surface area contributed by atoms with E-state index >= 15 is 0 Å². The highest BCUT2D eigenvalue weighted by atomic mass is 19.4. The monoisotopic (exact) mass is 276 g/mol. The van der Waals surface area contributed by atoms with Crippen LogP contribution < -0.4 is 15.8 Å². The summed E-state index contributed by atoms with van der Waals surface area (Å²) in [6.45, 7) is -0.0434. The smallest absolute Gasteiger partial charge is 0.416 e. The van der Waals surface area contributed by atoms with Crippen molar-refractivity contribution in [2.45, 2.75) is 19.1 Å². The Morgan fingerprint density at radius 3 is 2.63 bits per heavy atom. The van der Waals surface area contributed by atoms with Gasteiger partial charge in [0, 0.05) is 19.5 Å². The van der Waals surface area contributed by atoms with E-state index in [1.165, 1.54) is 19.2 Å². The first-order chi connectivity index (χ1) is 8.88. The molecule has 0 atom stereocenters. The van der Waals surface area contributed by atoms with Gasteiger partial charge in [0.2, 0.25) is 5.91 Å². The van der Waals surface area contributed by atoms with Crippen LogP contribution in [-0.2, 0) is 17.5 Å². The molecule has 0 aliphatic heterocycles. The van der Waals surface area contributed by atoms with Crippen molar-refractivity contribution < 1.29 is 22.7 Å². The molecule has 0 spiro atoms. The van der Waals surface area contributed by atoms with Crippen LogP contribution in [0.2, 0.25) is 0 Å². The lowest BCUT2D eigenvalue weighted by Gasteiger charge is -2.14. The van der Waals surface area contributed by atoms with Crippen molar-refractivity contribution in [3.05, 3.63) is 29.3 Å². The Labute approximate surface area is 108 Å². The summed E-state index contributed by atoms with van der Waals surface area (Å²) in [4.78, 5) is 11.2. The Kier molecular flexibility index (Phi) is 5.17. The molecule has 3 N–H and O–H groups in total. The lowest BCUT2D eigenvalue weighted by molar-refractivity contribution is -0.138. The van der Waals surface area contributed by atoms with E-state index < -0.39 is 11.7 Å². The maximum Gasteiger partial charge on any atom is 0.416 e. The highest BCUT2D eigenvalue weighted by Gasteiger charge is 2.33. The fraction of sp³-hybridized carbons (Fsp3) is 0.417. The molecule has 0 unspecified atom stereocenters. The van der Waals surface area contributed by atoms with Crippen molar-refractivity contribution in [3.63, 3.8) is 0 Å². The zero-order valence-corrected chi connectivity index (χ0v) is 10.4. The Morgan fingerprint density at radius 1 is 1.42 bits per heavy atom. The van der Waals surface area contributed by atoms with Gasteiger partial charge in [-0.15, -0.1) is 0 Å². The lowest BCUT2D eigenvalue weighted by atomic mass is 10.1. The van der Waals surface area contributed by atoms with Crippen molar-refractivity contribution in [1.29, 1.82) is 0 Å². The zero-order chi connectivity index (χ0) is 14.5. The first-order valence-corrected chi connectivity index (χ1v) is 5.59. The van der Waals surface area contributed by atoms with E-state index in [-0.39, 0.29) is 36.7 Å². The summed E-state index contributed by atoms with van der Waals surface area (Å²) in [5.74, 6) is -0.268. The second-order valence-electron chi connectivity index (χ2n) is 3.84. The topological polar surface area (TPSA) is 64.3 Å². The predicted molar refractivity (Wildman–Crippen MR) is 63.5 cm³/mol. The van der Waals surface area contributed by atoms with Gasteiger partial charge in [0.05, 0.1) is 12.7 Å². The molecule has 1 aromatic rings. The third-order valence-electron chi connectivity index (χ3n) is 2.47. The number of carbonyl (C=O) groups excluding carboxylic acids is 1. The van der Waals surface area contributed by atoms with Crippen LogP contribution >= 0.6 is 0 Å². The molecule has 0 radical (unpaired) electrons. The molecule has 4 nitrogen and oxygen atoms in total. The first-order valence-electron chi connectivity index (χ1n) is 5.59. The summed E-state index contributed by atoms with van der Waals surface area (Å²) in [5, 5.41) is 2.39. The highest BCUT2D eigenvalue weighted by Crippen LogP contribution is 2.34. The van der Waals surface area contributed by atoms with Gasteiger partial charge in [0.1, 0.15) is 5.75 Å². The van der Waals surface area contributed by atoms with Crippen molar-refractivity contribution >= 4 is 5.91 Å². The van der Waals surface area contributed by atoms with E-state index in [1.54, 1.807) is 0 Å². The average Bonchev–Trinajstić information content (AvgIpc) is 2.35. The molecule has 0 aliphatic rings. The fourth-order valence-electron chi connectivity index (χ4n) is 1.51. The molecule has 0 aromatic heterocycles. The molecule has 19 heavy (non-hydrogen) atoms. The van der Waals surface area contributed by atoms with E-state index in [1.807, 2.05) is 0 Å². The number of benzene rings is 1. The molecule has 0 saturated heterocycles. The Morgan fingerprint density at radius 2 is 2.11 bits per heavy atom. The molecule has 0 heterocycles. The third-order valence-corrected chi connectivity index (χ3v) is 2.47.